The first-order valence-corrected chi connectivity index (χ1v) is 7.98. The van der Waals surface area contributed by atoms with Crippen LogP contribution in [-0.2, 0) is 18.3 Å². The zero-order valence-corrected chi connectivity index (χ0v) is 16.8. The van der Waals surface area contributed by atoms with E-state index < -0.39 is 0 Å². The molecule has 2 heterocycles. The smallest absolute Gasteiger partial charge is 0.192 e. The first-order valence-electron chi connectivity index (χ1n) is 7.98. The maximum atomic E-state index is 5.36. The first kappa shape index (κ1) is 20.8. The summed E-state index contributed by atoms with van der Waals surface area (Å²) in [5.74, 6) is 2.49. The molecule has 2 N–H and O–H groups in total. The predicted octanol–water partition coefficient (Wildman–Crippen LogP) is 0.295. The number of ether oxygens (including phenoxy) is 1. The van der Waals surface area contributed by atoms with Crippen LogP contribution >= 0.6 is 24.0 Å². The Labute approximate surface area is 160 Å². The number of morpholine rings is 1. The molecule has 1 saturated heterocycles. The summed E-state index contributed by atoms with van der Waals surface area (Å²) in [6.07, 6.45) is 1.81. The summed E-state index contributed by atoms with van der Waals surface area (Å²) in [5, 5.41) is 14.8. The van der Waals surface area contributed by atoms with Crippen molar-refractivity contribution < 1.29 is 4.74 Å². The molecule has 1 aliphatic heterocycles. The molecule has 0 amide bonds. The number of aromatic nitrogens is 3. The molecule has 0 spiro atoms. The number of nitrogens with zero attached hydrogens (tertiary/aromatic N) is 5. The molecule has 0 aromatic carbocycles. The average molecular weight is 449 g/mol. The van der Waals surface area contributed by atoms with Gasteiger partial charge in [-0.2, -0.15) is 0 Å². The van der Waals surface area contributed by atoms with Gasteiger partial charge >= 0.3 is 0 Å². The molecular formula is C15H28IN7O. The summed E-state index contributed by atoms with van der Waals surface area (Å²) in [7, 11) is 1.95. The van der Waals surface area contributed by atoms with Crippen LogP contribution in [0.3, 0.4) is 0 Å². The van der Waals surface area contributed by atoms with E-state index in [4.69, 9.17) is 4.74 Å². The number of guanidine groups is 1. The van der Waals surface area contributed by atoms with Crippen LogP contribution in [0.5, 0.6) is 0 Å². The highest BCUT2D eigenvalue weighted by molar-refractivity contribution is 14.0. The zero-order chi connectivity index (χ0) is 16.5. The second-order valence-electron chi connectivity index (χ2n) is 5.44. The monoisotopic (exact) mass is 449 g/mol. The molecule has 1 aromatic rings. The van der Waals surface area contributed by atoms with E-state index in [2.05, 4.69) is 37.3 Å². The summed E-state index contributed by atoms with van der Waals surface area (Å²) in [6, 6.07) is 0. The van der Waals surface area contributed by atoms with Crippen LogP contribution in [0.4, 0.5) is 0 Å². The molecule has 1 aromatic heterocycles. The standard InChI is InChI=1S/C15H27N7O.HI/c1-4-5-16-15(17-6-7-22-8-10-23-11-9-22)18-12-14-20-19-13(2)21(14)3;/h4H,1,5-12H2,2-3H3,(H2,16,17,18);1H. The van der Waals surface area contributed by atoms with Crippen molar-refractivity contribution in [3.63, 3.8) is 0 Å². The lowest BCUT2D eigenvalue weighted by molar-refractivity contribution is 0.0389. The second kappa shape index (κ2) is 11.4. The summed E-state index contributed by atoms with van der Waals surface area (Å²) in [6.45, 7) is 12.2. The van der Waals surface area contributed by atoms with Crippen LogP contribution in [0.2, 0.25) is 0 Å². The third-order valence-electron chi connectivity index (χ3n) is 3.80. The maximum Gasteiger partial charge on any atom is 0.192 e. The van der Waals surface area contributed by atoms with Gasteiger partial charge in [-0.25, -0.2) is 4.99 Å². The van der Waals surface area contributed by atoms with Gasteiger partial charge in [-0.1, -0.05) is 6.08 Å². The summed E-state index contributed by atoms with van der Waals surface area (Å²) in [4.78, 5) is 6.95. The average Bonchev–Trinajstić information content (AvgIpc) is 2.89. The number of halogens is 1. The van der Waals surface area contributed by atoms with Gasteiger partial charge < -0.3 is 19.9 Å². The highest BCUT2D eigenvalue weighted by Crippen LogP contribution is 1.99. The fourth-order valence-electron chi connectivity index (χ4n) is 2.24. The number of aliphatic imine (C=N–C) groups is 1. The van der Waals surface area contributed by atoms with Crippen LogP contribution in [0.1, 0.15) is 11.6 Å². The number of hydrogen-bond acceptors (Lipinski definition) is 5. The number of rotatable bonds is 7. The zero-order valence-electron chi connectivity index (χ0n) is 14.5. The van der Waals surface area contributed by atoms with Gasteiger partial charge in [-0.05, 0) is 6.92 Å². The van der Waals surface area contributed by atoms with Gasteiger partial charge in [0, 0.05) is 39.8 Å². The van der Waals surface area contributed by atoms with Crippen LogP contribution in [0, 0.1) is 6.92 Å². The minimum absolute atomic E-state index is 0. The summed E-state index contributed by atoms with van der Waals surface area (Å²) >= 11 is 0. The highest BCUT2D eigenvalue weighted by atomic mass is 127. The normalized spacial score (nSPS) is 15.7. The van der Waals surface area contributed by atoms with Crippen molar-refractivity contribution >= 4 is 29.9 Å². The number of hydrogen-bond donors (Lipinski definition) is 2. The van der Waals surface area contributed by atoms with E-state index in [0.29, 0.717) is 13.1 Å². The van der Waals surface area contributed by atoms with E-state index in [0.717, 1.165) is 57.0 Å². The Bertz CT molecular complexity index is 526. The minimum atomic E-state index is 0. The lowest BCUT2D eigenvalue weighted by Crippen LogP contribution is -2.44. The van der Waals surface area contributed by atoms with Gasteiger partial charge in [-0.15, -0.1) is 40.8 Å². The van der Waals surface area contributed by atoms with Crippen molar-refractivity contribution in [1.82, 2.24) is 30.3 Å². The molecule has 0 atom stereocenters. The molecular weight excluding hydrogens is 421 g/mol. The maximum absolute atomic E-state index is 5.36. The molecule has 136 valence electrons. The van der Waals surface area contributed by atoms with E-state index >= 15 is 0 Å². The van der Waals surface area contributed by atoms with Gasteiger partial charge in [0.05, 0.1) is 13.2 Å². The Kier molecular flexibility index (Phi) is 9.88. The molecule has 2 rings (SSSR count). The van der Waals surface area contributed by atoms with Crippen molar-refractivity contribution in [2.75, 3.05) is 45.9 Å². The van der Waals surface area contributed by atoms with Crippen molar-refractivity contribution in [3.8, 4) is 0 Å². The number of aryl methyl sites for hydroxylation is 1. The molecule has 1 aliphatic rings. The van der Waals surface area contributed by atoms with E-state index in [9.17, 15) is 0 Å². The quantitative estimate of drug-likeness (QED) is 0.270. The molecule has 0 unspecified atom stereocenters. The lowest BCUT2D eigenvalue weighted by atomic mass is 10.4. The van der Waals surface area contributed by atoms with Crippen molar-refractivity contribution in [2.45, 2.75) is 13.5 Å². The molecule has 0 aliphatic carbocycles. The molecule has 0 radical (unpaired) electrons. The Morgan fingerprint density at radius 1 is 1.33 bits per heavy atom. The SMILES string of the molecule is C=CCNC(=NCc1nnc(C)n1C)NCCN1CCOCC1.I. The summed E-state index contributed by atoms with van der Waals surface area (Å²) in [5.41, 5.74) is 0. The Hall–Kier alpha value is -1.20. The van der Waals surface area contributed by atoms with E-state index in [-0.39, 0.29) is 24.0 Å². The van der Waals surface area contributed by atoms with Gasteiger partial charge in [0.25, 0.3) is 0 Å². The third kappa shape index (κ3) is 6.73. The molecule has 0 saturated carbocycles. The molecule has 8 nitrogen and oxygen atoms in total. The van der Waals surface area contributed by atoms with Crippen LogP contribution in [-0.4, -0.2) is 71.6 Å². The lowest BCUT2D eigenvalue weighted by Gasteiger charge is -2.26. The molecule has 9 heteroatoms. The van der Waals surface area contributed by atoms with Crippen LogP contribution < -0.4 is 10.6 Å². The van der Waals surface area contributed by atoms with E-state index in [1.54, 1.807) is 0 Å². The van der Waals surface area contributed by atoms with E-state index in [1.165, 1.54) is 0 Å². The number of nitrogens with one attached hydrogen (secondary N) is 2. The topological polar surface area (TPSA) is 79.6 Å². The summed E-state index contributed by atoms with van der Waals surface area (Å²) < 4.78 is 7.30. The first-order chi connectivity index (χ1) is 11.2. The van der Waals surface area contributed by atoms with Crippen molar-refractivity contribution in [1.29, 1.82) is 0 Å². The fraction of sp³-hybridized carbons (Fsp3) is 0.667. The van der Waals surface area contributed by atoms with Gasteiger partial charge in [0.2, 0.25) is 0 Å². The minimum Gasteiger partial charge on any atom is -0.379 e. The largest absolute Gasteiger partial charge is 0.379 e. The Balaban J connectivity index is 0.00000288. The Morgan fingerprint density at radius 3 is 2.71 bits per heavy atom. The fourth-order valence-corrected chi connectivity index (χ4v) is 2.24. The highest BCUT2D eigenvalue weighted by Gasteiger charge is 2.10. The van der Waals surface area contributed by atoms with Crippen molar-refractivity contribution in [2.24, 2.45) is 12.0 Å². The molecule has 1 fully saturated rings. The van der Waals surface area contributed by atoms with Crippen LogP contribution in [0.15, 0.2) is 17.6 Å². The second-order valence-corrected chi connectivity index (χ2v) is 5.44. The Morgan fingerprint density at radius 2 is 2.08 bits per heavy atom. The van der Waals surface area contributed by atoms with E-state index in [1.807, 2.05) is 24.6 Å². The van der Waals surface area contributed by atoms with Gasteiger partial charge in [0.15, 0.2) is 11.8 Å². The van der Waals surface area contributed by atoms with Gasteiger partial charge in [-0.3, -0.25) is 4.90 Å². The molecule has 24 heavy (non-hydrogen) atoms. The third-order valence-corrected chi connectivity index (χ3v) is 3.80. The van der Waals surface area contributed by atoms with Gasteiger partial charge in [0.1, 0.15) is 12.4 Å². The van der Waals surface area contributed by atoms with Crippen LogP contribution in [0.25, 0.3) is 0 Å². The van der Waals surface area contributed by atoms with Crippen molar-refractivity contribution in [3.05, 3.63) is 24.3 Å². The predicted molar refractivity (Wildman–Crippen MR) is 106 cm³/mol. The molecule has 0 bridgehead atoms.